The van der Waals surface area contributed by atoms with E-state index in [0.29, 0.717) is 31.1 Å². The van der Waals surface area contributed by atoms with Crippen LogP contribution in [0.3, 0.4) is 0 Å². The van der Waals surface area contributed by atoms with E-state index in [1.165, 1.54) is 0 Å². The zero-order chi connectivity index (χ0) is 24.6. The number of carbonyl (C=O) groups is 1. The molecule has 0 aliphatic rings. The van der Waals surface area contributed by atoms with Gasteiger partial charge in [0.15, 0.2) is 12.4 Å². The zero-order valence-corrected chi connectivity index (χ0v) is 19.9. The van der Waals surface area contributed by atoms with Gasteiger partial charge in [0.2, 0.25) is 0 Å². The summed E-state index contributed by atoms with van der Waals surface area (Å²) in [4.78, 5) is 20.0. The number of benzene rings is 2. The van der Waals surface area contributed by atoms with E-state index in [0.717, 1.165) is 59.3 Å². The summed E-state index contributed by atoms with van der Waals surface area (Å²) in [7, 11) is 1.69. The maximum Gasteiger partial charge on any atom is 0.341 e. The number of aromatic nitrogens is 3. The molecule has 0 atom stereocenters. The molecule has 2 heterocycles. The molecule has 0 aliphatic carbocycles. The SMILES string of the molecule is COCCc1nc2c(N)nc3ccccc3c2n1CCCCNCc1cccc(OCC(=O)O)c1. The number of anilines is 1. The van der Waals surface area contributed by atoms with Crippen molar-refractivity contribution in [3.8, 4) is 5.75 Å². The molecule has 9 heteroatoms. The van der Waals surface area contributed by atoms with Crippen molar-refractivity contribution in [3.63, 3.8) is 0 Å². The van der Waals surface area contributed by atoms with Gasteiger partial charge in [-0.2, -0.15) is 0 Å². The Labute approximate surface area is 203 Å². The molecular formula is C26H31N5O4. The summed E-state index contributed by atoms with van der Waals surface area (Å²) in [5.41, 5.74) is 9.96. The monoisotopic (exact) mass is 477 g/mol. The topological polar surface area (TPSA) is 125 Å². The number of nitrogens with zero attached hydrogens (tertiary/aromatic N) is 3. The lowest BCUT2D eigenvalue weighted by atomic mass is 10.2. The number of rotatable bonds is 13. The number of nitrogens with one attached hydrogen (secondary N) is 1. The van der Waals surface area contributed by atoms with Crippen LogP contribution in [0.1, 0.15) is 24.2 Å². The van der Waals surface area contributed by atoms with Crippen LogP contribution in [0.5, 0.6) is 5.75 Å². The molecule has 0 radical (unpaired) electrons. The number of carboxylic acid groups (broad SMARTS) is 1. The van der Waals surface area contributed by atoms with Crippen LogP contribution in [0.2, 0.25) is 0 Å². The summed E-state index contributed by atoms with van der Waals surface area (Å²) in [6.45, 7) is 2.60. The van der Waals surface area contributed by atoms with Gasteiger partial charge in [0.1, 0.15) is 17.1 Å². The minimum Gasteiger partial charge on any atom is -0.482 e. The van der Waals surface area contributed by atoms with Gasteiger partial charge in [0.25, 0.3) is 0 Å². The second kappa shape index (κ2) is 11.6. The number of nitrogens with two attached hydrogens (primary N) is 1. The quantitative estimate of drug-likeness (QED) is 0.250. The van der Waals surface area contributed by atoms with Gasteiger partial charge in [0.05, 0.1) is 17.6 Å². The number of ether oxygens (including phenoxy) is 2. The number of aliphatic carboxylic acids is 1. The Morgan fingerprint density at radius 1 is 1.14 bits per heavy atom. The van der Waals surface area contributed by atoms with Gasteiger partial charge in [-0.25, -0.2) is 14.8 Å². The number of methoxy groups -OCH3 is 1. The summed E-state index contributed by atoms with van der Waals surface area (Å²) in [6.07, 6.45) is 2.66. The first-order valence-corrected chi connectivity index (χ1v) is 11.7. The van der Waals surface area contributed by atoms with E-state index < -0.39 is 5.97 Å². The van der Waals surface area contributed by atoms with E-state index in [4.69, 9.17) is 25.3 Å². The Morgan fingerprint density at radius 3 is 2.83 bits per heavy atom. The van der Waals surface area contributed by atoms with Gasteiger partial charge in [-0.15, -0.1) is 0 Å². The van der Waals surface area contributed by atoms with E-state index in [9.17, 15) is 4.79 Å². The molecule has 0 spiro atoms. The Bertz CT molecular complexity index is 1300. The summed E-state index contributed by atoms with van der Waals surface area (Å²) in [6, 6.07) is 15.5. The third-order valence-corrected chi connectivity index (χ3v) is 5.79. The van der Waals surface area contributed by atoms with Crippen LogP contribution in [-0.4, -0.2) is 52.5 Å². The van der Waals surface area contributed by atoms with Gasteiger partial charge in [-0.1, -0.05) is 30.3 Å². The second-order valence-corrected chi connectivity index (χ2v) is 8.35. The minimum atomic E-state index is -0.989. The van der Waals surface area contributed by atoms with Gasteiger partial charge in [-0.05, 0) is 43.1 Å². The molecule has 4 rings (SSSR count). The van der Waals surface area contributed by atoms with E-state index in [-0.39, 0.29) is 6.61 Å². The zero-order valence-electron chi connectivity index (χ0n) is 19.9. The summed E-state index contributed by atoms with van der Waals surface area (Å²) < 4.78 is 12.8. The van der Waals surface area contributed by atoms with Crippen molar-refractivity contribution in [2.45, 2.75) is 32.4 Å². The highest BCUT2D eigenvalue weighted by atomic mass is 16.5. The number of hydrogen-bond acceptors (Lipinski definition) is 7. The normalized spacial score (nSPS) is 11.3. The first-order chi connectivity index (χ1) is 17.1. The standard InChI is InChI=1S/C26H31N5O4/c1-34-14-11-22-30-24-25(20-9-2-3-10-21(20)29-26(24)27)31(22)13-5-4-12-28-16-18-7-6-8-19(15-18)35-17-23(32)33/h2-3,6-10,15,28H,4-5,11-14,16-17H2,1H3,(H2,27,29)(H,32,33). The Hall–Kier alpha value is -3.69. The van der Waals surface area contributed by atoms with E-state index >= 15 is 0 Å². The maximum atomic E-state index is 10.7. The molecule has 0 aliphatic heterocycles. The average molecular weight is 478 g/mol. The summed E-state index contributed by atoms with van der Waals surface area (Å²) in [5.74, 6) is 0.977. The van der Waals surface area contributed by atoms with Crippen LogP contribution < -0.4 is 15.8 Å². The van der Waals surface area contributed by atoms with Crippen molar-refractivity contribution in [2.24, 2.45) is 0 Å². The highest BCUT2D eigenvalue weighted by Gasteiger charge is 2.16. The molecule has 4 N–H and O–H groups in total. The van der Waals surface area contributed by atoms with Crippen LogP contribution in [0, 0.1) is 0 Å². The third-order valence-electron chi connectivity index (χ3n) is 5.79. The fraction of sp³-hybridized carbons (Fsp3) is 0.346. The highest BCUT2D eigenvalue weighted by Crippen LogP contribution is 2.29. The van der Waals surface area contributed by atoms with Gasteiger partial charge >= 0.3 is 5.97 Å². The number of hydrogen-bond donors (Lipinski definition) is 3. The summed E-state index contributed by atoms with van der Waals surface area (Å²) in [5, 5.41) is 13.3. The molecule has 35 heavy (non-hydrogen) atoms. The third kappa shape index (κ3) is 6.06. The smallest absolute Gasteiger partial charge is 0.341 e. The molecular weight excluding hydrogens is 446 g/mol. The minimum absolute atomic E-state index is 0.344. The Morgan fingerprint density at radius 2 is 2.00 bits per heavy atom. The van der Waals surface area contributed by atoms with Crippen LogP contribution in [0.25, 0.3) is 21.9 Å². The van der Waals surface area contributed by atoms with Gasteiger partial charge in [0, 0.05) is 32.0 Å². The molecule has 0 saturated carbocycles. The molecule has 0 unspecified atom stereocenters. The van der Waals surface area contributed by atoms with Gasteiger partial charge in [-0.3, -0.25) is 0 Å². The van der Waals surface area contributed by atoms with Crippen molar-refractivity contribution in [1.82, 2.24) is 19.9 Å². The van der Waals surface area contributed by atoms with Crippen LogP contribution in [0.4, 0.5) is 5.82 Å². The fourth-order valence-electron chi connectivity index (χ4n) is 4.17. The van der Waals surface area contributed by atoms with Crippen LogP contribution >= 0.6 is 0 Å². The van der Waals surface area contributed by atoms with Gasteiger partial charge < -0.3 is 30.2 Å². The largest absolute Gasteiger partial charge is 0.482 e. The molecule has 9 nitrogen and oxygen atoms in total. The first kappa shape index (κ1) is 24.4. The number of fused-ring (bicyclic) bond motifs is 3. The Kier molecular flexibility index (Phi) is 8.12. The lowest BCUT2D eigenvalue weighted by molar-refractivity contribution is -0.139. The molecule has 2 aromatic heterocycles. The van der Waals surface area contributed by atoms with E-state index in [2.05, 4.69) is 20.9 Å². The number of imidazole rings is 1. The van der Waals surface area contributed by atoms with Crippen LogP contribution in [0.15, 0.2) is 48.5 Å². The lowest BCUT2D eigenvalue weighted by Crippen LogP contribution is -2.16. The maximum absolute atomic E-state index is 10.7. The van der Waals surface area contributed by atoms with Crippen molar-refractivity contribution in [1.29, 1.82) is 0 Å². The fourth-order valence-corrected chi connectivity index (χ4v) is 4.17. The number of pyridine rings is 1. The van der Waals surface area contributed by atoms with Crippen molar-refractivity contribution in [2.75, 3.05) is 32.6 Å². The number of carboxylic acids is 1. The molecule has 0 fully saturated rings. The van der Waals surface area contributed by atoms with Crippen LogP contribution in [-0.2, 0) is 29.0 Å². The second-order valence-electron chi connectivity index (χ2n) is 8.35. The highest BCUT2D eigenvalue weighted by molar-refractivity contribution is 6.06. The number of para-hydroxylation sites is 1. The van der Waals surface area contributed by atoms with Crippen molar-refractivity contribution in [3.05, 3.63) is 59.9 Å². The number of nitrogen functional groups attached to an aromatic ring is 1. The molecule has 0 amide bonds. The average Bonchev–Trinajstić information content (AvgIpc) is 3.23. The molecule has 0 bridgehead atoms. The predicted molar refractivity (Wildman–Crippen MR) is 136 cm³/mol. The van der Waals surface area contributed by atoms with Crippen molar-refractivity contribution < 1.29 is 19.4 Å². The molecule has 184 valence electrons. The first-order valence-electron chi connectivity index (χ1n) is 11.7. The molecule has 2 aromatic carbocycles. The molecule has 4 aromatic rings. The Balaban J connectivity index is 1.38. The molecule has 0 saturated heterocycles. The summed E-state index contributed by atoms with van der Waals surface area (Å²) >= 11 is 0. The number of aryl methyl sites for hydroxylation is 1. The van der Waals surface area contributed by atoms with E-state index in [1.807, 2.05) is 36.4 Å². The van der Waals surface area contributed by atoms with E-state index in [1.54, 1.807) is 13.2 Å². The lowest BCUT2D eigenvalue weighted by Gasteiger charge is -2.11. The van der Waals surface area contributed by atoms with Crippen molar-refractivity contribution >= 4 is 33.7 Å². The predicted octanol–water partition coefficient (Wildman–Crippen LogP) is 3.39. The number of unbranched alkanes of at least 4 members (excludes halogenated alkanes) is 1.